The molecule has 1 N–H and O–H groups in total. The summed E-state index contributed by atoms with van der Waals surface area (Å²) in [5.41, 5.74) is 0.619. The van der Waals surface area contributed by atoms with E-state index in [0.29, 0.717) is 5.69 Å². The maximum atomic E-state index is 12.4. The van der Waals surface area contributed by atoms with Gasteiger partial charge in [0, 0.05) is 38.4 Å². The summed E-state index contributed by atoms with van der Waals surface area (Å²) in [4.78, 5) is 17.1. The van der Waals surface area contributed by atoms with Crippen molar-refractivity contribution in [3.8, 4) is 0 Å². The molecule has 1 aromatic heterocycles. The van der Waals surface area contributed by atoms with E-state index in [1.54, 1.807) is 12.3 Å². The molecule has 5 nitrogen and oxygen atoms in total. The van der Waals surface area contributed by atoms with Crippen LogP contribution in [0.1, 0.15) is 42.6 Å². The second-order valence-electron chi connectivity index (χ2n) is 8.22. The second kappa shape index (κ2) is 5.33. The third-order valence-electron chi connectivity index (χ3n) is 6.93. The first kappa shape index (κ1) is 14.0. The second-order valence-corrected chi connectivity index (χ2v) is 8.22. The molecule has 0 aromatic carbocycles. The van der Waals surface area contributed by atoms with Crippen LogP contribution in [0.2, 0.25) is 0 Å². The van der Waals surface area contributed by atoms with Crippen molar-refractivity contribution in [3.63, 3.8) is 0 Å². The summed E-state index contributed by atoms with van der Waals surface area (Å²) in [5.74, 6) is 4.07. The third kappa shape index (κ3) is 2.32. The van der Waals surface area contributed by atoms with Crippen LogP contribution in [0, 0.1) is 23.7 Å². The van der Waals surface area contributed by atoms with Crippen LogP contribution in [0.25, 0.3) is 0 Å². The van der Waals surface area contributed by atoms with Crippen LogP contribution in [0.5, 0.6) is 0 Å². The zero-order valence-electron chi connectivity index (χ0n) is 13.7. The lowest BCUT2D eigenvalue weighted by atomic mass is 9.54. The van der Waals surface area contributed by atoms with E-state index in [1.807, 2.05) is 4.90 Å². The Balaban J connectivity index is 1.24. The molecule has 4 bridgehead atoms. The maximum absolute atomic E-state index is 12.4. The molecule has 5 fully saturated rings. The molecule has 1 amide bonds. The van der Waals surface area contributed by atoms with E-state index >= 15 is 0 Å². The first-order valence-corrected chi connectivity index (χ1v) is 9.30. The Morgan fingerprint density at radius 1 is 1.00 bits per heavy atom. The van der Waals surface area contributed by atoms with Gasteiger partial charge in [0.15, 0.2) is 0 Å². The van der Waals surface area contributed by atoms with Gasteiger partial charge >= 0.3 is 0 Å². The van der Waals surface area contributed by atoms with E-state index in [2.05, 4.69) is 15.1 Å². The van der Waals surface area contributed by atoms with Crippen molar-refractivity contribution in [1.29, 1.82) is 0 Å². The fourth-order valence-corrected chi connectivity index (χ4v) is 6.26. The lowest BCUT2D eigenvalue weighted by Gasteiger charge is -2.58. The van der Waals surface area contributed by atoms with Crippen molar-refractivity contribution in [1.82, 2.24) is 20.0 Å². The highest BCUT2D eigenvalue weighted by Crippen LogP contribution is 2.55. The van der Waals surface area contributed by atoms with Crippen molar-refractivity contribution < 1.29 is 4.79 Å². The van der Waals surface area contributed by atoms with Gasteiger partial charge in [0.1, 0.15) is 5.69 Å². The van der Waals surface area contributed by atoms with Crippen molar-refractivity contribution in [2.24, 2.45) is 23.7 Å². The predicted molar refractivity (Wildman–Crippen MR) is 86.9 cm³/mol. The zero-order chi connectivity index (χ0) is 15.4. The number of H-pyrrole nitrogens is 1. The molecule has 4 saturated carbocycles. The van der Waals surface area contributed by atoms with Gasteiger partial charge in [0.05, 0.1) is 0 Å². The Hall–Kier alpha value is -1.36. The molecule has 1 saturated heterocycles. The number of carbonyl (C=O) groups excluding carboxylic acids is 1. The molecular weight excluding hydrogens is 288 g/mol. The highest BCUT2D eigenvalue weighted by molar-refractivity contribution is 5.92. The van der Waals surface area contributed by atoms with Gasteiger partial charge in [-0.05, 0) is 61.8 Å². The first-order valence-electron chi connectivity index (χ1n) is 9.30. The molecule has 1 aromatic rings. The topological polar surface area (TPSA) is 52.2 Å². The molecule has 23 heavy (non-hydrogen) atoms. The number of nitrogens with zero attached hydrogens (tertiary/aromatic N) is 3. The summed E-state index contributed by atoms with van der Waals surface area (Å²) < 4.78 is 0. The molecule has 0 spiro atoms. The standard InChI is InChI=1S/C18H26N4O/c23-18(16-1-2-19-20-16)22-5-3-21(4-6-22)17-14-8-12-7-13(10-14)11-15(17)9-12/h1-2,12-15,17H,3-11H2,(H,19,20). The van der Waals surface area contributed by atoms with Crippen LogP contribution in [-0.2, 0) is 0 Å². The zero-order valence-corrected chi connectivity index (χ0v) is 13.7. The predicted octanol–water partition coefficient (Wildman–Crippen LogP) is 1.99. The molecule has 124 valence electrons. The lowest BCUT2D eigenvalue weighted by Crippen LogP contribution is -2.60. The van der Waals surface area contributed by atoms with Gasteiger partial charge in [-0.25, -0.2) is 0 Å². The number of hydrogen-bond acceptors (Lipinski definition) is 3. The van der Waals surface area contributed by atoms with E-state index < -0.39 is 0 Å². The molecular formula is C18H26N4O. The molecule has 5 heteroatoms. The van der Waals surface area contributed by atoms with Gasteiger partial charge in [-0.3, -0.25) is 14.8 Å². The highest BCUT2D eigenvalue weighted by Gasteiger charge is 2.50. The number of rotatable bonds is 2. The highest BCUT2D eigenvalue weighted by atomic mass is 16.2. The Morgan fingerprint density at radius 3 is 2.22 bits per heavy atom. The Morgan fingerprint density at radius 2 is 1.65 bits per heavy atom. The normalized spacial score (nSPS) is 39.8. The molecule has 6 rings (SSSR count). The van der Waals surface area contributed by atoms with Crippen molar-refractivity contribution >= 4 is 5.91 Å². The number of piperazine rings is 1. The molecule has 2 heterocycles. The molecule has 4 aliphatic carbocycles. The summed E-state index contributed by atoms with van der Waals surface area (Å²) in [5, 5.41) is 6.69. The van der Waals surface area contributed by atoms with Crippen LogP contribution < -0.4 is 0 Å². The molecule has 0 unspecified atom stereocenters. The average Bonchev–Trinajstić information content (AvgIpc) is 3.08. The average molecular weight is 314 g/mol. The molecule has 0 atom stereocenters. The third-order valence-corrected chi connectivity index (χ3v) is 6.93. The van der Waals surface area contributed by atoms with Gasteiger partial charge in [0.25, 0.3) is 5.91 Å². The van der Waals surface area contributed by atoms with Gasteiger partial charge in [-0.15, -0.1) is 0 Å². The number of amides is 1. The molecule has 0 radical (unpaired) electrons. The summed E-state index contributed by atoms with van der Waals surface area (Å²) >= 11 is 0. The SMILES string of the molecule is O=C(c1ccn[nH]1)N1CCN(C2C3CC4CC(C3)CC2C4)CC1. The van der Waals surface area contributed by atoms with Crippen molar-refractivity contribution in [2.75, 3.05) is 26.2 Å². The van der Waals surface area contributed by atoms with Crippen molar-refractivity contribution in [3.05, 3.63) is 18.0 Å². The summed E-state index contributed by atoms with van der Waals surface area (Å²) in [7, 11) is 0. The van der Waals surface area contributed by atoms with Crippen LogP contribution >= 0.6 is 0 Å². The number of carbonyl (C=O) groups is 1. The Bertz CT molecular complexity index is 548. The number of aromatic nitrogens is 2. The first-order chi connectivity index (χ1) is 11.3. The van der Waals surface area contributed by atoms with E-state index in [4.69, 9.17) is 0 Å². The largest absolute Gasteiger partial charge is 0.335 e. The Kier molecular flexibility index (Phi) is 3.25. The smallest absolute Gasteiger partial charge is 0.271 e. The van der Waals surface area contributed by atoms with Gasteiger partial charge in [0.2, 0.25) is 0 Å². The summed E-state index contributed by atoms with van der Waals surface area (Å²) in [6.45, 7) is 3.82. The van der Waals surface area contributed by atoms with Crippen LogP contribution in [0.3, 0.4) is 0 Å². The monoisotopic (exact) mass is 314 g/mol. The minimum absolute atomic E-state index is 0.104. The number of hydrogen-bond donors (Lipinski definition) is 1. The van der Waals surface area contributed by atoms with Crippen LogP contribution in [0.4, 0.5) is 0 Å². The number of aromatic amines is 1. The van der Waals surface area contributed by atoms with E-state index in [9.17, 15) is 4.79 Å². The van der Waals surface area contributed by atoms with E-state index in [0.717, 1.165) is 55.9 Å². The van der Waals surface area contributed by atoms with E-state index in [-0.39, 0.29) is 5.91 Å². The van der Waals surface area contributed by atoms with Crippen LogP contribution in [-0.4, -0.2) is 58.1 Å². The van der Waals surface area contributed by atoms with Gasteiger partial charge in [-0.2, -0.15) is 5.10 Å². The lowest BCUT2D eigenvalue weighted by molar-refractivity contribution is -0.0743. The van der Waals surface area contributed by atoms with E-state index in [1.165, 1.54) is 32.1 Å². The fourth-order valence-electron chi connectivity index (χ4n) is 6.26. The minimum Gasteiger partial charge on any atom is -0.335 e. The minimum atomic E-state index is 0.104. The fraction of sp³-hybridized carbons (Fsp3) is 0.778. The van der Waals surface area contributed by atoms with Crippen molar-refractivity contribution in [2.45, 2.75) is 38.1 Å². The summed E-state index contributed by atoms with van der Waals surface area (Å²) in [6.07, 6.45) is 9.08. The number of nitrogens with one attached hydrogen (secondary N) is 1. The van der Waals surface area contributed by atoms with Crippen LogP contribution in [0.15, 0.2) is 12.3 Å². The quantitative estimate of drug-likeness (QED) is 0.908. The summed E-state index contributed by atoms with van der Waals surface area (Å²) in [6, 6.07) is 2.58. The van der Waals surface area contributed by atoms with Gasteiger partial charge < -0.3 is 4.90 Å². The Labute approximate surface area is 137 Å². The molecule has 5 aliphatic rings. The van der Waals surface area contributed by atoms with Gasteiger partial charge in [-0.1, -0.05) is 0 Å². The molecule has 1 aliphatic heterocycles. The maximum Gasteiger partial charge on any atom is 0.271 e.